The minimum Gasteiger partial charge on any atom is -0.497 e. The van der Waals surface area contributed by atoms with Crippen LogP contribution in [-0.2, 0) is 9.59 Å². The number of hydrogen-bond donors (Lipinski definition) is 1. The van der Waals surface area contributed by atoms with E-state index < -0.39 is 24.0 Å². The van der Waals surface area contributed by atoms with Gasteiger partial charge in [0.05, 0.1) is 7.11 Å². The second-order valence-corrected chi connectivity index (χ2v) is 8.12. The Balaban J connectivity index is 2.04. The number of alkyl halides is 3. The van der Waals surface area contributed by atoms with Crippen molar-refractivity contribution in [3.63, 3.8) is 0 Å². The van der Waals surface area contributed by atoms with E-state index in [1.807, 2.05) is 0 Å². The molecule has 0 bridgehead atoms. The van der Waals surface area contributed by atoms with E-state index in [0.29, 0.717) is 9.78 Å². The van der Waals surface area contributed by atoms with Gasteiger partial charge in [-0.2, -0.15) is 13.2 Å². The first-order chi connectivity index (χ1) is 14.3. The number of methoxy groups -OCH3 is 1. The fourth-order valence-electron chi connectivity index (χ4n) is 3.63. The second-order valence-electron chi connectivity index (χ2n) is 7.14. The van der Waals surface area contributed by atoms with Gasteiger partial charge in [-0.25, -0.2) is 0 Å². The van der Waals surface area contributed by atoms with E-state index in [0.717, 1.165) is 43.4 Å². The number of amides is 2. The van der Waals surface area contributed by atoms with Gasteiger partial charge in [0.25, 0.3) is 0 Å². The molecule has 0 spiro atoms. The molecule has 1 aromatic heterocycles. The topological polar surface area (TPSA) is 58.6 Å². The van der Waals surface area contributed by atoms with Crippen molar-refractivity contribution in [3.05, 3.63) is 46.7 Å². The quantitative estimate of drug-likeness (QED) is 0.699. The third-order valence-corrected chi connectivity index (χ3v) is 5.99. The molecule has 0 radical (unpaired) electrons. The van der Waals surface area contributed by atoms with E-state index in [2.05, 4.69) is 5.32 Å². The number of benzene rings is 1. The third kappa shape index (κ3) is 5.13. The molecule has 2 amide bonds. The standard InChI is InChI=1S/C21H23F3N2O3S/c1-29-16-10-5-9-15(13-16)26(20(28)21(22,23)24)18(17-11-6-12-30-17)19(27)25-14-7-3-2-4-8-14/h5-6,9-14,18H,2-4,7-8H2,1H3,(H,25,27)/t18-/m1/s1. The zero-order valence-corrected chi connectivity index (χ0v) is 17.3. The molecule has 1 aromatic carbocycles. The second kappa shape index (κ2) is 9.51. The molecule has 30 heavy (non-hydrogen) atoms. The lowest BCUT2D eigenvalue weighted by atomic mass is 9.95. The summed E-state index contributed by atoms with van der Waals surface area (Å²) < 4.78 is 45.7. The molecule has 1 aliphatic rings. The van der Waals surface area contributed by atoms with Crippen molar-refractivity contribution < 1.29 is 27.5 Å². The SMILES string of the molecule is COc1cccc(N(C(=O)C(F)(F)F)[C@@H](C(=O)NC2CCCCC2)c2cccs2)c1. The van der Waals surface area contributed by atoms with Gasteiger partial charge < -0.3 is 10.1 Å². The van der Waals surface area contributed by atoms with Crippen molar-refractivity contribution >= 4 is 28.8 Å². The highest BCUT2D eigenvalue weighted by Gasteiger charge is 2.48. The van der Waals surface area contributed by atoms with Gasteiger partial charge in [0, 0.05) is 22.7 Å². The van der Waals surface area contributed by atoms with Crippen molar-refractivity contribution in [3.8, 4) is 5.75 Å². The van der Waals surface area contributed by atoms with Gasteiger partial charge in [-0.15, -0.1) is 11.3 Å². The summed E-state index contributed by atoms with van der Waals surface area (Å²) in [6.45, 7) is 0. The van der Waals surface area contributed by atoms with Crippen molar-refractivity contribution in [1.82, 2.24) is 5.32 Å². The normalized spacial score (nSPS) is 16.0. The lowest BCUT2D eigenvalue weighted by molar-refractivity contribution is -0.171. The number of thiophene rings is 1. The molecule has 2 aromatic rings. The third-order valence-electron chi connectivity index (χ3n) is 5.06. The molecule has 1 aliphatic carbocycles. The molecule has 1 heterocycles. The molecular weight excluding hydrogens is 417 g/mol. The van der Waals surface area contributed by atoms with Crippen molar-refractivity contribution in [2.45, 2.75) is 50.4 Å². The van der Waals surface area contributed by atoms with Gasteiger partial charge in [-0.3, -0.25) is 14.5 Å². The van der Waals surface area contributed by atoms with Gasteiger partial charge in [0.15, 0.2) is 6.04 Å². The van der Waals surface area contributed by atoms with E-state index in [1.54, 1.807) is 23.6 Å². The van der Waals surface area contributed by atoms with E-state index in [1.165, 1.54) is 25.3 Å². The zero-order valence-electron chi connectivity index (χ0n) is 16.4. The largest absolute Gasteiger partial charge is 0.497 e. The smallest absolute Gasteiger partial charge is 0.471 e. The van der Waals surface area contributed by atoms with Crippen LogP contribution in [0.3, 0.4) is 0 Å². The van der Waals surface area contributed by atoms with Crippen molar-refractivity contribution in [1.29, 1.82) is 0 Å². The number of rotatable bonds is 6. The number of nitrogens with one attached hydrogen (secondary N) is 1. The van der Waals surface area contributed by atoms with Crippen LogP contribution in [0.1, 0.15) is 43.0 Å². The summed E-state index contributed by atoms with van der Waals surface area (Å²) in [7, 11) is 1.38. The molecule has 3 rings (SSSR count). The fraction of sp³-hybridized carbons (Fsp3) is 0.429. The Morgan fingerprint density at radius 2 is 1.90 bits per heavy atom. The Labute approximate surface area is 176 Å². The summed E-state index contributed by atoms with van der Waals surface area (Å²) in [4.78, 5) is 26.6. The first kappa shape index (κ1) is 22.1. The Kier molecular flexibility index (Phi) is 7.02. The molecule has 0 aliphatic heterocycles. The molecule has 9 heteroatoms. The fourth-order valence-corrected chi connectivity index (χ4v) is 4.44. The Hall–Kier alpha value is -2.55. The maximum Gasteiger partial charge on any atom is 0.471 e. The molecule has 162 valence electrons. The van der Waals surface area contributed by atoms with E-state index in [-0.39, 0.29) is 17.5 Å². The number of anilines is 1. The van der Waals surface area contributed by atoms with Gasteiger partial charge in [-0.1, -0.05) is 31.4 Å². The lowest BCUT2D eigenvalue weighted by Gasteiger charge is -2.33. The number of nitrogens with zero attached hydrogens (tertiary/aromatic N) is 1. The van der Waals surface area contributed by atoms with Crippen LogP contribution in [0, 0.1) is 0 Å². The van der Waals surface area contributed by atoms with Gasteiger partial charge in [0.2, 0.25) is 5.91 Å². The molecule has 1 fully saturated rings. The monoisotopic (exact) mass is 440 g/mol. The first-order valence-electron chi connectivity index (χ1n) is 9.69. The molecule has 1 atom stereocenters. The van der Waals surface area contributed by atoms with Crippen LogP contribution in [0.2, 0.25) is 0 Å². The van der Waals surface area contributed by atoms with Crippen molar-refractivity contribution in [2.75, 3.05) is 12.0 Å². The molecule has 0 saturated heterocycles. The number of carbonyl (C=O) groups is 2. The Morgan fingerprint density at radius 1 is 1.17 bits per heavy atom. The van der Waals surface area contributed by atoms with Crippen LogP contribution >= 0.6 is 11.3 Å². The summed E-state index contributed by atoms with van der Waals surface area (Å²) >= 11 is 1.13. The highest BCUT2D eigenvalue weighted by atomic mass is 32.1. The summed E-state index contributed by atoms with van der Waals surface area (Å²) in [6, 6.07) is 7.38. The minimum atomic E-state index is -5.15. The van der Waals surface area contributed by atoms with E-state index >= 15 is 0 Å². The molecule has 1 N–H and O–H groups in total. The predicted octanol–water partition coefficient (Wildman–Crippen LogP) is 4.84. The van der Waals surface area contributed by atoms with Gasteiger partial charge >= 0.3 is 12.1 Å². The number of carbonyl (C=O) groups excluding carboxylic acids is 2. The van der Waals surface area contributed by atoms with Crippen LogP contribution in [0.5, 0.6) is 5.75 Å². The molecule has 1 saturated carbocycles. The Bertz CT molecular complexity index is 865. The number of ether oxygens (including phenoxy) is 1. The summed E-state index contributed by atoms with van der Waals surface area (Å²) in [5.74, 6) is -2.44. The first-order valence-corrected chi connectivity index (χ1v) is 10.6. The zero-order chi connectivity index (χ0) is 21.7. The lowest BCUT2D eigenvalue weighted by Crippen LogP contribution is -2.50. The maximum absolute atomic E-state index is 13.5. The van der Waals surface area contributed by atoms with Crippen LogP contribution in [0.15, 0.2) is 41.8 Å². The van der Waals surface area contributed by atoms with E-state index in [4.69, 9.17) is 4.74 Å². The average Bonchev–Trinajstić information content (AvgIpc) is 3.25. The average molecular weight is 440 g/mol. The summed E-state index contributed by atoms with van der Waals surface area (Å²) in [6.07, 6.45) is -0.622. The molecule has 0 unspecified atom stereocenters. The van der Waals surface area contributed by atoms with Crippen LogP contribution < -0.4 is 15.0 Å². The van der Waals surface area contributed by atoms with Gasteiger partial charge in [-0.05, 0) is 36.4 Å². The minimum absolute atomic E-state index is 0.0612. The number of halogens is 3. The molecular formula is C21H23F3N2O3S. The van der Waals surface area contributed by atoms with E-state index in [9.17, 15) is 22.8 Å². The Morgan fingerprint density at radius 3 is 2.50 bits per heavy atom. The summed E-state index contributed by atoms with van der Waals surface area (Å²) in [5, 5.41) is 4.53. The maximum atomic E-state index is 13.5. The van der Waals surface area contributed by atoms with Gasteiger partial charge in [0.1, 0.15) is 5.75 Å². The van der Waals surface area contributed by atoms with Crippen molar-refractivity contribution in [2.24, 2.45) is 0 Å². The van der Waals surface area contributed by atoms with Crippen LogP contribution in [-0.4, -0.2) is 31.1 Å². The highest BCUT2D eigenvalue weighted by molar-refractivity contribution is 7.10. The molecule has 5 nitrogen and oxygen atoms in total. The number of hydrogen-bond acceptors (Lipinski definition) is 4. The predicted molar refractivity (Wildman–Crippen MR) is 109 cm³/mol. The summed E-state index contributed by atoms with van der Waals surface area (Å²) in [5.41, 5.74) is -0.0612. The highest BCUT2D eigenvalue weighted by Crippen LogP contribution is 2.36. The van der Waals surface area contributed by atoms with Crippen LogP contribution in [0.25, 0.3) is 0 Å². The van der Waals surface area contributed by atoms with Crippen LogP contribution in [0.4, 0.5) is 18.9 Å².